The third kappa shape index (κ3) is 1.98. The van der Waals surface area contributed by atoms with Gasteiger partial charge in [-0.15, -0.1) is 0 Å². The molecule has 3 rings (SSSR count). The minimum Gasteiger partial charge on any atom is -0.384 e. The van der Waals surface area contributed by atoms with Gasteiger partial charge in [0.05, 0.1) is 22.4 Å². The lowest BCUT2D eigenvalue weighted by molar-refractivity contribution is 0.0880. The Morgan fingerprint density at radius 3 is 2.59 bits per heavy atom. The molecule has 0 fully saturated rings. The Bertz CT molecular complexity index is 956. The van der Waals surface area contributed by atoms with Gasteiger partial charge in [-0.1, -0.05) is 0 Å². The average Bonchev–Trinajstić information content (AvgIpc) is 2.75. The van der Waals surface area contributed by atoms with Crippen molar-refractivity contribution >= 4 is 40.2 Å². The van der Waals surface area contributed by atoms with Crippen LogP contribution in [0.4, 0.5) is 5.82 Å². The highest BCUT2D eigenvalue weighted by atomic mass is 127. The Kier molecular flexibility index (Phi) is 3.22. The highest BCUT2D eigenvalue weighted by molar-refractivity contribution is 14.1. The van der Waals surface area contributed by atoms with Crippen LogP contribution in [-0.4, -0.2) is 16.4 Å². The molecule has 22 heavy (non-hydrogen) atoms. The first kappa shape index (κ1) is 14.3. The zero-order chi connectivity index (χ0) is 16.0. The lowest BCUT2D eigenvalue weighted by atomic mass is 10.1. The minimum absolute atomic E-state index is 0.0484. The average molecular weight is 406 g/mol. The maximum atomic E-state index is 12.3. The maximum absolute atomic E-state index is 12.3. The van der Waals surface area contributed by atoms with E-state index in [0.717, 1.165) is 14.2 Å². The molecule has 1 aliphatic heterocycles. The van der Waals surface area contributed by atoms with Crippen molar-refractivity contribution in [2.75, 3.05) is 5.73 Å². The van der Waals surface area contributed by atoms with E-state index in [2.05, 4.69) is 5.32 Å². The van der Waals surface area contributed by atoms with Gasteiger partial charge in [0, 0.05) is 9.64 Å². The molecule has 2 aromatic rings. The van der Waals surface area contributed by atoms with E-state index < -0.39 is 17.4 Å². The van der Waals surface area contributed by atoms with Gasteiger partial charge in [-0.2, -0.15) is 5.26 Å². The van der Waals surface area contributed by atoms with Crippen LogP contribution in [0.15, 0.2) is 29.1 Å². The van der Waals surface area contributed by atoms with Crippen LogP contribution < -0.4 is 16.6 Å². The van der Waals surface area contributed by atoms with E-state index in [4.69, 9.17) is 5.73 Å². The monoisotopic (exact) mass is 406 g/mol. The van der Waals surface area contributed by atoms with Crippen molar-refractivity contribution in [3.8, 4) is 11.8 Å². The first-order chi connectivity index (χ1) is 10.4. The number of nitrogens with two attached hydrogens (primary N) is 1. The number of hydrogen-bond donors (Lipinski definition) is 2. The summed E-state index contributed by atoms with van der Waals surface area (Å²) in [6.45, 7) is 0. The topological polar surface area (TPSA) is 118 Å². The first-order valence-corrected chi connectivity index (χ1v) is 7.13. The molecule has 0 saturated heterocycles. The highest BCUT2D eigenvalue weighted by Crippen LogP contribution is 2.24. The zero-order valence-corrected chi connectivity index (χ0v) is 13.0. The summed E-state index contributed by atoms with van der Waals surface area (Å²) >= 11 is 2.04. The lowest BCUT2D eigenvalue weighted by Gasteiger charge is -2.13. The predicted molar refractivity (Wildman–Crippen MR) is 85.7 cm³/mol. The lowest BCUT2D eigenvalue weighted by Crippen LogP contribution is -2.24. The van der Waals surface area contributed by atoms with E-state index >= 15 is 0 Å². The number of fused-ring (bicyclic) bond motifs is 1. The first-order valence-electron chi connectivity index (χ1n) is 6.05. The summed E-state index contributed by atoms with van der Waals surface area (Å²) in [6, 6.07) is 7.91. The third-order valence-electron chi connectivity index (χ3n) is 3.27. The Labute approximate surface area is 137 Å². The number of imide groups is 1. The molecule has 0 bridgehead atoms. The molecular weight excluding hydrogens is 399 g/mol. The van der Waals surface area contributed by atoms with Gasteiger partial charge < -0.3 is 5.73 Å². The number of nitrogens with one attached hydrogen (secondary N) is 1. The summed E-state index contributed by atoms with van der Waals surface area (Å²) in [4.78, 5) is 35.7. The Morgan fingerprint density at radius 1 is 1.18 bits per heavy atom. The second kappa shape index (κ2) is 4.96. The number of carbonyl (C=O) groups excluding carboxylic acids is 2. The second-order valence-electron chi connectivity index (χ2n) is 4.55. The maximum Gasteiger partial charge on any atom is 0.262 e. The fraction of sp³-hybridized carbons (Fsp3) is 0. The molecule has 3 N–H and O–H groups in total. The number of benzene rings is 1. The summed E-state index contributed by atoms with van der Waals surface area (Å²) in [7, 11) is 0. The van der Waals surface area contributed by atoms with Gasteiger partial charge in [-0.25, -0.2) is 0 Å². The molecule has 108 valence electrons. The number of nitrogen functional groups attached to an aromatic ring is 1. The number of nitriles is 1. The molecule has 7 nitrogen and oxygen atoms in total. The van der Waals surface area contributed by atoms with Crippen molar-refractivity contribution in [1.82, 2.24) is 9.88 Å². The number of rotatable bonds is 1. The van der Waals surface area contributed by atoms with E-state index in [1.807, 2.05) is 28.7 Å². The van der Waals surface area contributed by atoms with Crippen LogP contribution in [0.2, 0.25) is 0 Å². The van der Waals surface area contributed by atoms with E-state index in [-0.39, 0.29) is 28.2 Å². The molecule has 1 aromatic heterocycles. The molecule has 0 unspecified atom stereocenters. The molecule has 0 radical (unpaired) electrons. The van der Waals surface area contributed by atoms with Crippen molar-refractivity contribution < 1.29 is 9.59 Å². The number of halogens is 1. The number of amides is 2. The summed E-state index contributed by atoms with van der Waals surface area (Å²) in [5.41, 5.74) is 5.74. The van der Waals surface area contributed by atoms with Crippen molar-refractivity contribution in [2.45, 2.75) is 0 Å². The molecular formula is C14H7IN4O3. The molecule has 1 aliphatic rings. The van der Waals surface area contributed by atoms with Gasteiger partial charge in [-0.3, -0.25) is 24.3 Å². The van der Waals surface area contributed by atoms with Crippen molar-refractivity contribution in [2.24, 2.45) is 0 Å². The fourth-order valence-corrected chi connectivity index (χ4v) is 2.81. The van der Waals surface area contributed by atoms with Gasteiger partial charge >= 0.3 is 0 Å². The molecule has 2 heterocycles. The van der Waals surface area contributed by atoms with Crippen LogP contribution in [-0.2, 0) is 0 Å². The second-order valence-corrected chi connectivity index (χ2v) is 5.79. The van der Waals surface area contributed by atoms with Crippen molar-refractivity contribution in [1.29, 1.82) is 5.26 Å². The number of carbonyl (C=O) groups is 2. The van der Waals surface area contributed by atoms with Gasteiger partial charge in [0.25, 0.3) is 17.4 Å². The van der Waals surface area contributed by atoms with Crippen LogP contribution in [0.5, 0.6) is 0 Å². The summed E-state index contributed by atoms with van der Waals surface area (Å²) in [5, 5.41) is 11.3. The highest BCUT2D eigenvalue weighted by Gasteiger charge is 2.32. The molecule has 0 aliphatic carbocycles. The number of aromatic nitrogens is 1. The van der Waals surface area contributed by atoms with Gasteiger partial charge in [0.15, 0.2) is 0 Å². The summed E-state index contributed by atoms with van der Waals surface area (Å²) in [6.07, 6.45) is 0. The van der Waals surface area contributed by atoms with Crippen molar-refractivity contribution in [3.05, 3.63) is 54.9 Å². The fourth-order valence-electron chi connectivity index (χ4n) is 2.32. The van der Waals surface area contributed by atoms with Gasteiger partial charge in [0.2, 0.25) is 0 Å². The predicted octanol–water partition coefficient (Wildman–Crippen LogP) is 0.780. The third-order valence-corrected chi connectivity index (χ3v) is 3.94. The van der Waals surface area contributed by atoms with E-state index in [1.54, 1.807) is 18.2 Å². The standard InChI is InChI=1S/C14H7IN4O3/c15-7-1-2-9(6(3-7)5-16)19-10(20)4-8-11(12(19)17)14(22)18-13(8)21/h1-4H,17H2,(H,18,21,22). The molecule has 0 saturated carbocycles. The van der Waals surface area contributed by atoms with E-state index in [0.29, 0.717) is 0 Å². The number of nitrogens with zero attached hydrogens (tertiary/aromatic N) is 2. The molecule has 0 spiro atoms. The van der Waals surface area contributed by atoms with E-state index in [1.165, 1.54) is 0 Å². The van der Waals surface area contributed by atoms with E-state index in [9.17, 15) is 19.6 Å². The molecule has 8 heteroatoms. The Balaban J connectivity index is 2.38. The SMILES string of the molecule is N#Cc1cc(I)ccc1-n1c(N)c2c(cc1=O)C(=O)NC2=O. The van der Waals surface area contributed by atoms with Crippen LogP contribution in [0.3, 0.4) is 0 Å². The Morgan fingerprint density at radius 2 is 1.91 bits per heavy atom. The van der Waals surface area contributed by atoms with Gasteiger partial charge in [0.1, 0.15) is 11.9 Å². The largest absolute Gasteiger partial charge is 0.384 e. The zero-order valence-electron chi connectivity index (χ0n) is 10.9. The summed E-state index contributed by atoms with van der Waals surface area (Å²) < 4.78 is 1.88. The van der Waals surface area contributed by atoms with Crippen LogP contribution in [0.1, 0.15) is 26.3 Å². The quantitative estimate of drug-likeness (QED) is 0.536. The number of anilines is 1. The summed E-state index contributed by atoms with van der Waals surface area (Å²) in [5.74, 6) is -1.47. The van der Waals surface area contributed by atoms with Gasteiger partial charge in [-0.05, 0) is 40.8 Å². The van der Waals surface area contributed by atoms with Crippen molar-refractivity contribution in [3.63, 3.8) is 0 Å². The van der Waals surface area contributed by atoms with Crippen LogP contribution in [0.25, 0.3) is 5.69 Å². The Hall–Kier alpha value is -2.67. The smallest absolute Gasteiger partial charge is 0.262 e. The number of hydrogen-bond acceptors (Lipinski definition) is 5. The molecule has 0 atom stereocenters. The minimum atomic E-state index is -0.657. The van der Waals surface area contributed by atoms with Crippen LogP contribution >= 0.6 is 22.6 Å². The molecule has 1 aromatic carbocycles. The number of pyridine rings is 1. The molecule has 2 amide bonds. The van der Waals surface area contributed by atoms with Crippen LogP contribution in [0, 0.1) is 14.9 Å². The normalized spacial score (nSPS) is 12.7.